The molecule has 0 N–H and O–H groups in total. The molecular weight excluding hydrogens is 275 g/mol. The van der Waals surface area contributed by atoms with Crippen LogP contribution in [-0.4, -0.2) is 27.1 Å². The van der Waals surface area contributed by atoms with Crippen molar-refractivity contribution < 1.29 is 18.1 Å². The molecule has 0 radical (unpaired) electrons. The van der Waals surface area contributed by atoms with E-state index in [1.165, 1.54) is 0 Å². The molecule has 1 heterocycles. The lowest BCUT2D eigenvalue weighted by molar-refractivity contribution is 0.00578. The fraction of sp³-hybridized carbons (Fsp3) is 0.571. The highest BCUT2D eigenvalue weighted by Crippen LogP contribution is 2.36. The van der Waals surface area contributed by atoms with E-state index in [0.29, 0.717) is 0 Å². The normalized spacial score (nSPS) is 22.0. The summed E-state index contributed by atoms with van der Waals surface area (Å²) in [6, 6.07) is 5.63. The molecular formula is C14H20BO4S-. The molecule has 110 valence electrons. The van der Waals surface area contributed by atoms with E-state index in [1.54, 1.807) is 0 Å². The first-order chi connectivity index (χ1) is 9.12. The lowest BCUT2D eigenvalue weighted by atomic mass is 9.78. The Morgan fingerprint density at radius 3 is 2.20 bits per heavy atom. The van der Waals surface area contributed by atoms with Gasteiger partial charge in [0.2, 0.25) is 0 Å². The Balaban J connectivity index is 2.24. The largest absolute Gasteiger partial charge is 0.772 e. The molecule has 2 rings (SSSR count). The average Bonchev–Trinajstić information content (AvgIpc) is 2.50. The molecule has 0 spiro atoms. The molecule has 0 aliphatic carbocycles. The number of aryl methyl sites for hydroxylation is 1. The zero-order valence-corrected chi connectivity index (χ0v) is 13.4. The van der Waals surface area contributed by atoms with Crippen LogP contribution in [-0.2, 0) is 26.1 Å². The number of benzene rings is 1. The maximum Gasteiger partial charge on any atom is 0.494 e. The second-order valence-electron chi connectivity index (χ2n) is 6.22. The first-order valence-electron chi connectivity index (χ1n) is 6.63. The van der Waals surface area contributed by atoms with E-state index < -0.39 is 18.2 Å². The Hall–Kier alpha value is -0.685. The minimum Gasteiger partial charge on any atom is -0.772 e. The van der Waals surface area contributed by atoms with Crippen LogP contribution in [0.15, 0.2) is 18.2 Å². The Morgan fingerprint density at radius 1 is 1.20 bits per heavy atom. The molecule has 1 aliphatic heterocycles. The van der Waals surface area contributed by atoms with Gasteiger partial charge in [-0.3, -0.25) is 4.21 Å². The summed E-state index contributed by atoms with van der Waals surface area (Å²) < 4.78 is 33.5. The third-order valence-electron chi connectivity index (χ3n) is 4.17. The molecule has 0 bridgehead atoms. The first kappa shape index (κ1) is 15.7. The quantitative estimate of drug-likeness (QED) is 0.629. The van der Waals surface area contributed by atoms with Gasteiger partial charge in [0.05, 0.1) is 11.2 Å². The van der Waals surface area contributed by atoms with Gasteiger partial charge in [0.1, 0.15) is 0 Å². The van der Waals surface area contributed by atoms with Crippen LogP contribution in [0.1, 0.15) is 38.8 Å². The zero-order chi connectivity index (χ0) is 15.1. The van der Waals surface area contributed by atoms with Crippen LogP contribution in [0, 0.1) is 6.92 Å². The van der Waals surface area contributed by atoms with Crippen LogP contribution in [0.3, 0.4) is 0 Å². The molecule has 1 aromatic rings. The fourth-order valence-electron chi connectivity index (χ4n) is 2.13. The van der Waals surface area contributed by atoms with E-state index in [9.17, 15) is 8.76 Å². The monoisotopic (exact) mass is 295 g/mol. The van der Waals surface area contributed by atoms with Gasteiger partial charge in [0.15, 0.2) is 0 Å². The second-order valence-corrected chi connectivity index (χ2v) is 7.12. The average molecular weight is 295 g/mol. The molecule has 1 unspecified atom stereocenters. The fourth-order valence-corrected chi connectivity index (χ4v) is 2.71. The molecule has 1 aromatic carbocycles. The molecule has 1 fully saturated rings. The summed E-state index contributed by atoms with van der Waals surface area (Å²) in [5.74, 6) is 0.0372. The molecule has 20 heavy (non-hydrogen) atoms. The van der Waals surface area contributed by atoms with Crippen molar-refractivity contribution >= 4 is 23.7 Å². The van der Waals surface area contributed by atoms with Crippen molar-refractivity contribution in [2.45, 2.75) is 51.6 Å². The van der Waals surface area contributed by atoms with Gasteiger partial charge < -0.3 is 13.9 Å². The molecule has 1 saturated heterocycles. The molecule has 0 amide bonds. The van der Waals surface area contributed by atoms with Crippen LogP contribution in [0.2, 0.25) is 0 Å². The molecule has 0 aromatic heterocycles. The van der Waals surface area contributed by atoms with Crippen molar-refractivity contribution in [3.8, 4) is 0 Å². The maximum absolute atomic E-state index is 10.8. The van der Waals surface area contributed by atoms with Crippen LogP contribution in [0.25, 0.3) is 0 Å². The van der Waals surface area contributed by atoms with Gasteiger partial charge >= 0.3 is 7.12 Å². The molecule has 1 atom stereocenters. The number of hydrogen-bond donors (Lipinski definition) is 0. The highest BCUT2D eigenvalue weighted by molar-refractivity contribution is 7.78. The minimum atomic E-state index is -2.07. The Kier molecular flexibility index (Phi) is 4.13. The topological polar surface area (TPSA) is 58.6 Å². The van der Waals surface area contributed by atoms with Crippen molar-refractivity contribution in [3.05, 3.63) is 29.3 Å². The van der Waals surface area contributed by atoms with Gasteiger partial charge in [-0.25, -0.2) is 0 Å². The second kappa shape index (κ2) is 5.26. The summed E-state index contributed by atoms with van der Waals surface area (Å²) in [5, 5.41) is 0. The van der Waals surface area contributed by atoms with Crippen LogP contribution >= 0.6 is 0 Å². The van der Waals surface area contributed by atoms with E-state index in [4.69, 9.17) is 9.31 Å². The van der Waals surface area contributed by atoms with Crippen molar-refractivity contribution in [2.75, 3.05) is 0 Å². The highest BCUT2D eigenvalue weighted by atomic mass is 32.2. The van der Waals surface area contributed by atoms with Crippen molar-refractivity contribution in [2.24, 2.45) is 0 Å². The Morgan fingerprint density at radius 2 is 1.75 bits per heavy atom. The van der Waals surface area contributed by atoms with Crippen molar-refractivity contribution in [1.29, 1.82) is 0 Å². The lowest BCUT2D eigenvalue weighted by Crippen LogP contribution is -2.41. The predicted molar refractivity (Wildman–Crippen MR) is 79.5 cm³/mol. The standard InChI is InChI=1S/C14H21BO4S/c1-10-8-12(7-6-11(10)9-20(16)17)15-18-13(2,3)14(4,5)19-15/h6-8H,9H2,1-5H3,(H,16,17)/p-1. The van der Waals surface area contributed by atoms with E-state index in [0.717, 1.165) is 16.6 Å². The Labute approximate surface area is 123 Å². The van der Waals surface area contributed by atoms with Crippen LogP contribution < -0.4 is 5.46 Å². The smallest absolute Gasteiger partial charge is 0.494 e. The van der Waals surface area contributed by atoms with Gasteiger partial charge in [-0.2, -0.15) is 0 Å². The summed E-state index contributed by atoms with van der Waals surface area (Å²) in [4.78, 5) is 0. The summed E-state index contributed by atoms with van der Waals surface area (Å²) in [6.45, 7) is 9.93. The van der Waals surface area contributed by atoms with E-state index in [1.807, 2.05) is 52.8 Å². The van der Waals surface area contributed by atoms with Crippen LogP contribution in [0.4, 0.5) is 0 Å². The van der Waals surface area contributed by atoms with Crippen molar-refractivity contribution in [1.82, 2.24) is 0 Å². The zero-order valence-electron chi connectivity index (χ0n) is 12.6. The molecule has 0 saturated carbocycles. The minimum absolute atomic E-state index is 0.0372. The van der Waals surface area contributed by atoms with Crippen molar-refractivity contribution in [3.63, 3.8) is 0 Å². The third kappa shape index (κ3) is 2.98. The first-order valence-corrected chi connectivity index (χ1v) is 7.88. The van der Waals surface area contributed by atoms with E-state index in [2.05, 4.69) is 0 Å². The van der Waals surface area contributed by atoms with Gasteiger partial charge in [-0.15, -0.1) is 0 Å². The SMILES string of the molecule is Cc1cc(B2OC(C)(C)C(C)(C)O2)ccc1CS(=O)[O-]. The van der Waals surface area contributed by atoms with E-state index in [-0.39, 0.29) is 17.0 Å². The summed E-state index contributed by atoms with van der Waals surface area (Å²) >= 11 is -2.07. The summed E-state index contributed by atoms with van der Waals surface area (Å²) in [5.41, 5.74) is 1.91. The van der Waals surface area contributed by atoms with Gasteiger partial charge in [-0.1, -0.05) is 29.3 Å². The molecule has 6 heteroatoms. The van der Waals surface area contributed by atoms with Crippen LogP contribution in [0.5, 0.6) is 0 Å². The van der Waals surface area contributed by atoms with Gasteiger partial charge in [0.25, 0.3) is 0 Å². The van der Waals surface area contributed by atoms with E-state index >= 15 is 0 Å². The maximum atomic E-state index is 10.8. The number of rotatable bonds is 3. The Bertz CT molecular complexity index is 526. The van der Waals surface area contributed by atoms with Gasteiger partial charge in [0, 0.05) is 5.75 Å². The summed E-state index contributed by atoms with van der Waals surface area (Å²) in [6.07, 6.45) is 0. The highest BCUT2D eigenvalue weighted by Gasteiger charge is 2.51. The third-order valence-corrected chi connectivity index (χ3v) is 4.71. The predicted octanol–water partition coefficient (Wildman–Crippen LogP) is 1.67. The lowest BCUT2D eigenvalue weighted by Gasteiger charge is -2.32. The summed E-state index contributed by atoms with van der Waals surface area (Å²) in [7, 11) is -0.412. The molecule has 1 aliphatic rings. The van der Waals surface area contributed by atoms with Gasteiger partial charge in [-0.05, 0) is 51.2 Å². The molecule has 4 nitrogen and oxygen atoms in total. The number of hydrogen-bond acceptors (Lipinski definition) is 4.